The molecule has 0 aliphatic rings. The lowest BCUT2D eigenvalue weighted by atomic mass is 10.0. The number of rotatable bonds is 4. The standard InChI is InChI=1S/C15H18N2O/c1-4-17-8-7-16-15(17)10-14(18)13-6-5-11(2)9-12(13)3/h5-9H,4,10H2,1-3H3. The van der Waals surface area contributed by atoms with E-state index in [2.05, 4.69) is 4.98 Å². The number of hydrogen-bond acceptors (Lipinski definition) is 2. The maximum absolute atomic E-state index is 12.3. The lowest BCUT2D eigenvalue weighted by molar-refractivity contribution is 0.0989. The molecule has 1 aromatic heterocycles. The molecule has 0 atom stereocenters. The van der Waals surface area contributed by atoms with Gasteiger partial charge in [-0.3, -0.25) is 4.79 Å². The summed E-state index contributed by atoms with van der Waals surface area (Å²) in [6.07, 6.45) is 4.02. The molecule has 0 bridgehead atoms. The number of carbonyl (C=O) groups excluding carboxylic acids is 1. The first-order valence-electron chi connectivity index (χ1n) is 6.22. The molecule has 0 aliphatic carbocycles. The maximum Gasteiger partial charge on any atom is 0.170 e. The average Bonchev–Trinajstić information content (AvgIpc) is 2.76. The van der Waals surface area contributed by atoms with E-state index in [1.54, 1.807) is 6.20 Å². The summed E-state index contributed by atoms with van der Waals surface area (Å²) in [4.78, 5) is 16.5. The number of hydrogen-bond donors (Lipinski definition) is 0. The van der Waals surface area contributed by atoms with Gasteiger partial charge in [0.05, 0.1) is 6.42 Å². The summed E-state index contributed by atoms with van der Waals surface area (Å²) in [6.45, 7) is 6.90. The van der Waals surface area contributed by atoms with Crippen LogP contribution in [0.25, 0.3) is 0 Å². The second kappa shape index (κ2) is 5.17. The van der Waals surface area contributed by atoms with Crippen LogP contribution in [0.4, 0.5) is 0 Å². The summed E-state index contributed by atoms with van der Waals surface area (Å²) in [5.74, 6) is 0.968. The summed E-state index contributed by atoms with van der Waals surface area (Å²) in [6, 6.07) is 5.93. The fraction of sp³-hybridized carbons (Fsp3) is 0.333. The zero-order chi connectivity index (χ0) is 13.1. The third kappa shape index (κ3) is 2.50. The summed E-state index contributed by atoms with van der Waals surface area (Å²) >= 11 is 0. The lowest BCUT2D eigenvalue weighted by Gasteiger charge is -2.07. The highest BCUT2D eigenvalue weighted by molar-refractivity contribution is 5.98. The van der Waals surface area contributed by atoms with Gasteiger partial charge in [-0.05, 0) is 26.3 Å². The van der Waals surface area contributed by atoms with Crippen molar-refractivity contribution in [1.82, 2.24) is 9.55 Å². The fourth-order valence-electron chi connectivity index (χ4n) is 2.16. The summed E-state index contributed by atoms with van der Waals surface area (Å²) in [5, 5.41) is 0. The number of Topliss-reactive ketones (excluding diaryl/α,β-unsaturated/α-hetero) is 1. The molecule has 3 nitrogen and oxygen atoms in total. The molecule has 3 heteroatoms. The van der Waals surface area contributed by atoms with E-state index in [0.717, 1.165) is 23.5 Å². The van der Waals surface area contributed by atoms with Gasteiger partial charge in [-0.15, -0.1) is 0 Å². The summed E-state index contributed by atoms with van der Waals surface area (Å²) < 4.78 is 2.00. The van der Waals surface area contributed by atoms with Crippen LogP contribution < -0.4 is 0 Å². The third-order valence-corrected chi connectivity index (χ3v) is 3.14. The number of ketones is 1. The number of aromatic nitrogens is 2. The van der Waals surface area contributed by atoms with Gasteiger partial charge in [0.2, 0.25) is 0 Å². The number of aryl methyl sites for hydroxylation is 3. The molecule has 18 heavy (non-hydrogen) atoms. The van der Waals surface area contributed by atoms with Gasteiger partial charge >= 0.3 is 0 Å². The van der Waals surface area contributed by atoms with Gasteiger partial charge in [0, 0.05) is 24.5 Å². The van der Waals surface area contributed by atoms with E-state index in [-0.39, 0.29) is 5.78 Å². The van der Waals surface area contributed by atoms with Crippen LogP contribution >= 0.6 is 0 Å². The molecule has 1 heterocycles. The zero-order valence-corrected chi connectivity index (χ0v) is 11.1. The van der Waals surface area contributed by atoms with Gasteiger partial charge in [-0.25, -0.2) is 4.98 Å². The molecule has 2 rings (SSSR count). The highest BCUT2D eigenvalue weighted by atomic mass is 16.1. The van der Waals surface area contributed by atoms with E-state index in [4.69, 9.17) is 0 Å². The number of benzene rings is 1. The Hall–Kier alpha value is -1.90. The first-order valence-corrected chi connectivity index (χ1v) is 6.22. The Morgan fingerprint density at radius 3 is 2.78 bits per heavy atom. The van der Waals surface area contributed by atoms with E-state index in [1.165, 1.54) is 5.56 Å². The Morgan fingerprint density at radius 2 is 2.11 bits per heavy atom. The van der Waals surface area contributed by atoms with Crippen LogP contribution in [-0.4, -0.2) is 15.3 Å². The van der Waals surface area contributed by atoms with Crippen LogP contribution in [0, 0.1) is 13.8 Å². The summed E-state index contributed by atoms with van der Waals surface area (Å²) in [5.41, 5.74) is 3.01. The molecule has 0 N–H and O–H groups in total. The van der Waals surface area contributed by atoms with E-state index in [1.807, 2.05) is 49.7 Å². The number of nitrogens with zero attached hydrogens (tertiary/aromatic N) is 2. The molecule has 0 fully saturated rings. The largest absolute Gasteiger partial charge is 0.335 e. The fourth-order valence-corrected chi connectivity index (χ4v) is 2.16. The van der Waals surface area contributed by atoms with Gasteiger partial charge in [-0.2, -0.15) is 0 Å². The van der Waals surface area contributed by atoms with Gasteiger partial charge in [0.1, 0.15) is 5.82 Å². The molecule has 0 aliphatic heterocycles. The molecular formula is C15H18N2O. The minimum Gasteiger partial charge on any atom is -0.335 e. The van der Waals surface area contributed by atoms with Crippen LogP contribution in [0.1, 0.15) is 34.2 Å². The van der Waals surface area contributed by atoms with Crippen molar-refractivity contribution in [1.29, 1.82) is 0 Å². The van der Waals surface area contributed by atoms with Crippen molar-refractivity contribution in [3.05, 3.63) is 53.1 Å². The van der Waals surface area contributed by atoms with E-state index in [9.17, 15) is 4.79 Å². The minimum absolute atomic E-state index is 0.133. The van der Waals surface area contributed by atoms with Gasteiger partial charge in [0.15, 0.2) is 5.78 Å². The Labute approximate surface area is 107 Å². The second-order valence-corrected chi connectivity index (χ2v) is 4.55. The molecule has 1 aromatic carbocycles. The van der Waals surface area contributed by atoms with Gasteiger partial charge in [0.25, 0.3) is 0 Å². The average molecular weight is 242 g/mol. The molecule has 0 radical (unpaired) electrons. The van der Waals surface area contributed by atoms with Crippen LogP contribution in [0.2, 0.25) is 0 Å². The quantitative estimate of drug-likeness (QED) is 0.773. The predicted molar refractivity (Wildman–Crippen MR) is 71.9 cm³/mol. The van der Waals surface area contributed by atoms with Crippen molar-refractivity contribution in [2.45, 2.75) is 33.7 Å². The summed E-state index contributed by atoms with van der Waals surface area (Å²) in [7, 11) is 0. The molecular weight excluding hydrogens is 224 g/mol. The Balaban J connectivity index is 2.22. The normalized spacial score (nSPS) is 10.6. The Kier molecular flexibility index (Phi) is 3.60. The first-order chi connectivity index (χ1) is 8.61. The van der Waals surface area contributed by atoms with Crippen LogP contribution in [0.3, 0.4) is 0 Å². The van der Waals surface area contributed by atoms with Gasteiger partial charge < -0.3 is 4.57 Å². The molecule has 0 saturated carbocycles. The molecule has 0 unspecified atom stereocenters. The van der Waals surface area contributed by atoms with E-state index in [0.29, 0.717) is 6.42 Å². The van der Waals surface area contributed by atoms with Crippen molar-refractivity contribution >= 4 is 5.78 Å². The lowest BCUT2D eigenvalue weighted by Crippen LogP contribution is -2.10. The Bertz CT molecular complexity index is 570. The minimum atomic E-state index is 0.133. The third-order valence-electron chi connectivity index (χ3n) is 3.14. The number of imidazole rings is 1. The highest BCUT2D eigenvalue weighted by Gasteiger charge is 2.12. The SMILES string of the molecule is CCn1ccnc1CC(=O)c1ccc(C)cc1C. The van der Waals surface area contributed by atoms with Crippen LogP contribution in [0.5, 0.6) is 0 Å². The van der Waals surface area contributed by atoms with Crippen LogP contribution in [-0.2, 0) is 13.0 Å². The van der Waals surface area contributed by atoms with Crippen molar-refractivity contribution in [2.24, 2.45) is 0 Å². The number of carbonyl (C=O) groups is 1. The zero-order valence-electron chi connectivity index (χ0n) is 11.1. The molecule has 0 spiro atoms. The maximum atomic E-state index is 12.3. The van der Waals surface area contributed by atoms with Crippen molar-refractivity contribution < 1.29 is 4.79 Å². The van der Waals surface area contributed by atoms with Crippen molar-refractivity contribution in [3.8, 4) is 0 Å². The second-order valence-electron chi connectivity index (χ2n) is 4.55. The highest BCUT2D eigenvalue weighted by Crippen LogP contribution is 2.13. The smallest absolute Gasteiger partial charge is 0.170 e. The molecule has 0 amide bonds. The molecule has 2 aromatic rings. The van der Waals surface area contributed by atoms with E-state index < -0.39 is 0 Å². The van der Waals surface area contributed by atoms with Crippen molar-refractivity contribution in [3.63, 3.8) is 0 Å². The monoisotopic (exact) mass is 242 g/mol. The predicted octanol–water partition coefficient (Wildman–Crippen LogP) is 2.95. The first kappa shape index (κ1) is 12.6. The van der Waals surface area contributed by atoms with Crippen LogP contribution in [0.15, 0.2) is 30.6 Å². The topological polar surface area (TPSA) is 34.9 Å². The molecule has 0 saturated heterocycles. The van der Waals surface area contributed by atoms with E-state index >= 15 is 0 Å². The Morgan fingerprint density at radius 1 is 1.33 bits per heavy atom. The van der Waals surface area contributed by atoms with Gasteiger partial charge in [-0.1, -0.05) is 23.8 Å². The van der Waals surface area contributed by atoms with Crippen molar-refractivity contribution in [2.75, 3.05) is 0 Å². The molecule has 94 valence electrons.